The first-order valence-electron chi connectivity index (χ1n) is 7.71. The van der Waals surface area contributed by atoms with Crippen LogP contribution in [0.2, 0.25) is 0 Å². The van der Waals surface area contributed by atoms with E-state index >= 15 is 0 Å². The molecule has 8 heteroatoms. The van der Waals surface area contributed by atoms with Gasteiger partial charge in [0.1, 0.15) is 23.3 Å². The van der Waals surface area contributed by atoms with Gasteiger partial charge in [-0.2, -0.15) is 0 Å². The van der Waals surface area contributed by atoms with Crippen LogP contribution in [0.3, 0.4) is 0 Å². The summed E-state index contributed by atoms with van der Waals surface area (Å²) in [5.74, 6) is -2.25. The van der Waals surface area contributed by atoms with Crippen molar-refractivity contribution in [2.75, 3.05) is 0 Å². The number of carbonyl (C=O) groups excluding carboxylic acids is 2. The van der Waals surface area contributed by atoms with E-state index in [-0.39, 0.29) is 13.2 Å². The maximum Gasteiger partial charge on any atom is 0.324 e. The van der Waals surface area contributed by atoms with Gasteiger partial charge in [0.15, 0.2) is 5.25 Å². The Morgan fingerprint density at radius 2 is 1.31 bits per heavy atom. The second-order valence-corrected chi connectivity index (χ2v) is 6.98. The fourth-order valence-corrected chi connectivity index (χ4v) is 2.72. The van der Waals surface area contributed by atoms with Crippen molar-refractivity contribution in [3.63, 3.8) is 0 Å². The Labute approximate surface area is 151 Å². The number of benzene rings is 2. The SMILES string of the molecule is O=C(CC(C(=O)OCc1ccccc1)S(=O)(=O)[O-])OCc1ccccc1. The van der Waals surface area contributed by atoms with Crippen LogP contribution in [-0.4, -0.2) is 30.2 Å². The molecule has 0 spiro atoms. The molecule has 2 rings (SSSR count). The zero-order valence-electron chi connectivity index (χ0n) is 13.7. The lowest BCUT2D eigenvalue weighted by Crippen LogP contribution is -2.34. The van der Waals surface area contributed by atoms with Crippen molar-refractivity contribution in [1.29, 1.82) is 0 Å². The molecule has 7 nitrogen and oxygen atoms in total. The zero-order chi connectivity index (χ0) is 19.0. The van der Waals surface area contributed by atoms with Gasteiger partial charge in [-0.05, 0) is 11.1 Å². The second-order valence-electron chi connectivity index (χ2n) is 5.43. The van der Waals surface area contributed by atoms with Crippen LogP contribution in [0, 0.1) is 0 Å². The van der Waals surface area contributed by atoms with Crippen molar-refractivity contribution in [3.8, 4) is 0 Å². The molecule has 0 aliphatic carbocycles. The Morgan fingerprint density at radius 3 is 1.77 bits per heavy atom. The average Bonchev–Trinajstić information content (AvgIpc) is 2.63. The summed E-state index contributed by atoms with van der Waals surface area (Å²) in [7, 11) is -5.07. The number of esters is 2. The Bertz CT molecular complexity index is 832. The smallest absolute Gasteiger partial charge is 0.324 e. The number of hydrogen-bond donors (Lipinski definition) is 0. The lowest BCUT2D eigenvalue weighted by atomic mass is 10.2. The fourth-order valence-electron chi connectivity index (χ4n) is 2.07. The number of carbonyl (C=O) groups is 2. The molecule has 0 aromatic heterocycles. The third kappa shape index (κ3) is 6.30. The number of hydrogen-bond acceptors (Lipinski definition) is 7. The molecule has 0 saturated heterocycles. The van der Waals surface area contributed by atoms with Gasteiger partial charge < -0.3 is 14.0 Å². The van der Waals surface area contributed by atoms with E-state index in [9.17, 15) is 22.6 Å². The molecule has 0 bridgehead atoms. The van der Waals surface area contributed by atoms with Gasteiger partial charge in [0.05, 0.1) is 6.42 Å². The fraction of sp³-hybridized carbons (Fsp3) is 0.222. The van der Waals surface area contributed by atoms with Gasteiger partial charge in [-0.1, -0.05) is 60.7 Å². The topological polar surface area (TPSA) is 110 Å². The second kappa shape index (κ2) is 9.12. The molecule has 0 saturated carbocycles. The molecule has 0 aliphatic rings. The number of ether oxygens (including phenoxy) is 2. The van der Waals surface area contributed by atoms with Crippen LogP contribution in [0.5, 0.6) is 0 Å². The normalized spacial score (nSPS) is 12.2. The lowest BCUT2D eigenvalue weighted by Gasteiger charge is -2.18. The van der Waals surface area contributed by atoms with E-state index in [1.165, 1.54) is 0 Å². The van der Waals surface area contributed by atoms with E-state index in [1.807, 2.05) is 0 Å². The summed E-state index contributed by atoms with van der Waals surface area (Å²) in [6.45, 7) is -0.297. The van der Waals surface area contributed by atoms with E-state index in [0.29, 0.717) is 11.1 Å². The third-order valence-corrected chi connectivity index (χ3v) is 4.49. The Morgan fingerprint density at radius 1 is 0.846 bits per heavy atom. The molecule has 2 aromatic carbocycles. The van der Waals surface area contributed by atoms with Crippen molar-refractivity contribution in [2.45, 2.75) is 24.9 Å². The van der Waals surface area contributed by atoms with Gasteiger partial charge in [-0.25, -0.2) is 8.42 Å². The summed E-state index contributed by atoms with van der Waals surface area (Å²) >= 11 is 0. The molecule has 0 amide bonds. The molecule has 0 heterocycles. The van der Waals surface area contributed by atoms with Gasteiger partial charge in [-0.15, -0.1) is 0 Å². The molecule has 0 aliphatic heterocycles. The highest BCUT2D eigenvalue weighted by molar-refractivity contribution is 7.87. The molecule has 1 unspecified atom stereocenters. The molecule has 0 radical (unpaired) electrons. The van der Waals surface area contributed by atoms with Gasteiger partial charge in [0.2, 0.25) is 0 Å². The van der Waals surface area contributed by atoms with E-state index in [0.717, 1.165) is 0 Å². The standard InChI is InChI=1S/C18H18O7S/c19-17(24-12-14-7-3-1-4-8-14)11-16(26(21,22)23)18(20)25-13-15-9-5-2-6-10-15/h1-10,16H,11-13H2,(H,21,22,23)/p-1. The van der Waals surface area contributed by atoms with E-state index in [1.54, 1.807) is 60.7 Å². The molecule has 26 heavy (non-hydrogen) atoms. The van der Waals surface area contributed by atoms with Crippen LogP contribution in [0.1, 0.15) is 17.5 Å². The minimum Gasteiger partial charge on any atom is -0.747 e. The van der Waals surface area contributed by atoms with Gasteiger partial charge in [0.25, 0.3) is 0 Å². The molecule has 0 N–H and O–H groups in total. The third-order valence-electron chi connectivity index (χ3n) is 3.43. The predicted molar refractivity (Wildman–Crippen MR) is 90.6 cm³/mol. The van der Waals surface area contributed by atoms with Crippen LogP contribution in [0.4, 0.5) is 0 Å². The van der Waals surface area contributed by atoms with Crippen LogP contribution >= 0.6 is 0 Å². The summed E-state index contributed by atoms with van der Waals surface area (Å²) in [4.78, 5) is 23.8. The Balaban J connectivity index is 1.93. The van der Waals surface area contributed by atoms with Crippen LogP contribution in [-0.2, 0) is 42.4 Å². The summed E-state index contributed by atoms with van der Waals surface area (Å²) in [5, 5.41) is -2.14. The summed E-state index contributed by atoms with van der Waals surface area (Å²) < 4.78 is 43.8. The highest BCUT2D eigenvalue weighted by Crippen LogP contribution is 2.12. The lowest BCUT2D eigenvalue weighted by molar-refractivity contribution is -0.151. The molecule has 1 atom stereocenters. The van der Waals surface area contributed by atoms with Crippen molar-refractivity contribution in [3.05, 3.63) is 71.8 Å². The first-order chi connectivity index (χ1) is 12.4. The maximum atomic E-state index is 12.0. The Hall–Kier alpha value is -2.71. The first-order valence-corrected chi connectivity index (χ1v) is 9.18. The summed E-state index contributed by atoms with van der Waals surface area (Å²) in [6.07, 6.45) is -0.897. The van der Waals surface area contributed by atoms with Crippen LogP contribution in [0.25, 0.3) is 0 Å². The molecule has 2 aromatic rings. The molecular formula is C18H17O7S-. The van der Waals surface area contributed by atoms with Crippen molar-refractivity contribution < 1.29 is 32.0 Å². The quantitative estimate of drug-likeness (QED) is 0.509. The highest BCUT2D eigenvalue weighted by atomic mass is 32.2. The van der Waals surface area contributed by atoms with E-state index in [2.05, 4.69) is 0 Å². The molecule has 138 valence electrons. The highest BCUT2D eigenvalue weighted by Gasteiger charge is 2.30. The average molecular weight is 377 g/mol. The van der Waals surface area contributed by atoms with E-state index in [4.69, 9.17) is 9.47 Å². The van der Waals surface area contributed by atoms with Crippen molar-refractivity contribution in [2.24, 2.45) is 0 Å². The molecular weight excluding hydrogens is 360 g/mol. The van der Waals surface area contributed by atoms with Crippen LogP contribution < -0.4 is 0 Å². The monoisotopic (exact) mass is 377 g/mol. The largest absolute Gasteiger partial charge is 0.747 e. The van der Waals surface area contributed by atoms with Crippen molar-refractivity contribution >= 4 is 22.1 Å². The minimum absolute atomic E-state index is 0.0929. The van der Waals surface area contributed by atoms with Gasteiger partial charge >= 0.3 is 11.9 Å². The molecule has 0 fully saturated rings. The van der Waals surface area contributed by atoms with Gasteiger partial charge in [0, 0.05) is 0 Å². The summed E-state index contributed by atoms with van der Waals surface area (Å²) in [6, 6.07) is 17.2. The predicted octanol–water partition coefficient (Wildman–Crippen LogP) is 1.78. The van der Waals surface area contributed by atoms with Crippen LogP contribution in [0.15, 0.2) is 60.7 Å². The van der Waals surface area contributed by atoms with Crippen molar-refractivity contribution in [1.82, 2.24) is 0 Å². The summed E-state index contributed by atoms with van der Waals surface area (Å²) in [5.41, 5.74) is 1.31. The van der Waals surface area contributed by atoms with E-state index < -0.39 is 33.7 Å². The first kappa shape index (κ1) is 19.6. The minimum atomic E-state index is -5.07. The maximum absolute atomic E-state index is 12.0. The Kier molecular flexibility index (Phi) is 6.88. The number of rotatable bonds is 8. The zero-order valence-corrected chi connectivity index (χ0v) is 14.6. The van der Waals surface area contributed by atoms with Gasteiger partial charge in [-0.3, -0.25) is 9.59 Å².